The van der Waals surface area contributed by atoms with Crippen molar-refractivity contribution >= 4 is 5.91 Å². The van der Waals surface area contributed by atoms with Crippen molar-refractivity contribution < 1.29 is 4.79 Å². The van der Waals surface area contributed by atoms with Crippen LogP contribution in [0, 0.1) is 0 Å². The molecule has 1 fully saturated rings. The predicted molar refractivity (Wildman–Crippen MR) is 78.9 cm³/mol. The first-order valence-electron chi connectivity index (χ1n) is 7.38. The van der Waals surface area contributed by atoms with Gasteiger partial charge in [0.1, 0.15) is 0 Å². The smallest absolute Gasteiger partial charge is 0.252 e. The van der Waals surface area contributed by atoms with Crippen molar-refractivity contribution in [2.24, 2.45) is 0 Å². The molecule has 20 heavy (non-hydrogen) atoms. The number of carbonyl (C=O) groups is 1. The fraction of sp³-hybridized carbons (Fsp3) is 0.600. The van der Waals surface area contributed by atoms with E-state index < -0.39 is 0 Å². The standard InChI is InChI=1S/C15H23N3O2/c1-12-5-2-3-9-18(12)10-4-8-16-15(20)13-6-7-14(19)17-11-13/h6-7,11-12H,2-5,8-10H2,1H3,(H,16,20)(H,17,19). The van der Waals surface area contributed by atoms with E-state index >= 15 is 0 Å². The SMILES string of the molecule is CC1CCCCN1CCCNC(=O)c1ccc(=O)[nH]c1. The largest absolute Gasteiger partial charge is 0.352 e. The Morgan fingerprint density at radius 3 is 3.00 bits per heavy atom. The van der Waals surface area contributed by atoms with Gasteiger partial charge in [0.2, 0.25) is 5.56 Å². The first kappa shape index (κ1) is 14.8. The van der Waals surface area contributed by atoms with Crippen molar-refractivity contribution in [3.63, 3.8) is 0 Å². The van der Waals surface area contributed by atoms with Crippen molar-refractivity contribution in [2.45, 2.75) is 38.6 Å². The lowest BCUT2D eigenvalue weighted by molar-refractivity contribution is 0.0948. The zero-order valence-electron chi connectivity index (χ0n) is 12.0. The van der Waals surface area contributed by atoms with Crippen molar-refractivity contribution in [1.82, 2.24) is 15.2 Å². The molecule has 0 bridgehead atoms. The lowest BCUT2D eigenvalue weighted by Crippen LogP contribution is -2.39. The lowest BCUT2D eigenvalue weighted by atomic mass is 10.0. The van der Waals surface area contributed by atoms with Crippen molar-refractivity contribution in [3.05, 3.63) is 34.2 Å². The molecule has 0 saturated carbocycles. The van der Waals surface area contributed by atoms with Gasteiger partial charge in [0, 0.05) is 31.4 Å². The van der Waals surface area contributed by atoms with Gasteiger partial charge in [-0.2, -0.15) is 0 Å². The maximum atomic E-state index is 11.8. The lowest BCUT2D eigenvalue weighted by Gasteiger charge is -2.33. The molecule has 0 aliphatic carbocycles. The average Bonchev–Trinajstić information content (AvgIpc) is 2.46. The molecule has 5 heteroatoms. The van der Waals surface area contributed by atoms with Crippen LogP contribution in [0.2, 0.25) is 0 Å². The first-order valence-corrected chi connectivity index (χ1v) is 7.38. The molecule has 1 aliphatic rings. The summed E-state index contributed by atoms with van der Waals surface area (Å²) in [4.78, 5) is 27.7. The number of hydrogen-bond donors (Lipinski definition) is 2. The summed E-state index contributed by atoms with van der Waals surface area (Å²) in [6.07, 6.45) is 6.31. The van der Waals surface area contributed by atoms with E-state index in [9.17, 15) is 9.59 Å². The molecule has 5 nitrogen and oxygen atoms in total. The predicted octanol–water partition coefficient (Wildman–Crippen LogP) is 1.37. The maximum Gasteiger partial charge on any atom is 0.252 e. The van der Waals surface area contributed by atoms with Crippen molar-refractivity contribution in [3.8, 4) is 0 Å². The van der Waals surface area contributed by atoms with E-state index in [0.29, 0.717) is 18.2 Å². The Kier molecular flexibility index (Phi) is 5.35. The fourth-order valence-corrected chi connectivity index (χ4v) is 2.63. The number of carbonyl (C=O) groups excluding carboxylic acids is 1. The highest BCUT2D eigenvalue weighted by Gasteiger charge is 2.17. The van der Waals surface area contributed by atoms with Crippen LogP contribution in [0.1, 0.15) is 43.0 Å². The molecule has 1 aromatic heterocycles. The number of amides is 1. The van der Waals surface area contributed by atoms with E-state index in [0.717, 1.165) is 13.0 Å². The number of likely N-dealkylation sites (tertiary alicyclic amines) is 1. The Morgan fingerprint density at radius 2 is 2.30 bits per heavy atom. The highest BCUT2D eigenvalue weighted by Crippen LogP contribution is 2.15. The molecule has 1 aromatic rings. The summed E-state index contributed by atoms with van der Waals surface area (Å²) in [6, 6.07) is 3.57. The van der Waals surface area contributed by atoms with Crippen molar-refractivity contribution in [1.29, 1.82) is 0 Å². The third kappa shape index (κ3) is 4.20. The van der Waals surface area contributed by atoms with Crippen LogP contribution < -0.4 is 10.9 Å². The number of nitrogens with zero attached hydrogens (tertiary/aromatic N) is 1. The number of pyridine rings is 1. The Bertz CT molecular complexity index is 478. The molecule has 0 radical (unpaired) electrons. The highest BCUT2D eigenvalue weighted by atomic mass is 16.1. The molecule has 110 valence electrons. The molecule has 1 aliphatic heterocycles. The minimum Gasteiger partial charge on any atom is -0.352 e. The van der Waals surface area contributed by atoms with Gasteiger partial charge in [-0.3, -0.25) is 9.59 Å². The highest BCUT2D eigenvalue weighted by molar-refractivity contribution is 5.93. The number of aromatic nitrogens is 1. The second-order valence-corrected chi connectivity index (χ2v) is 5.43. The van der Waals surface area contributed by atoms with E-state index in [1.807, 2.05) is 0 Å². The molecule has 1 amide bonds. The first-order chi connectivity index (χ1) is 9.66. The van der Waals surface area contributed by atoms with Crippen LogP contribution in [0.25, 0.3) is 0 Å². The summed E-state index contributed by atoms with van der Waals surface area (Å²) in [5.41, 5.74) is 0.302. The average molecular weight is 277 g/mol. The second-order valence-electron chi connectivity index (χ2n) is 5.43. The third-order valence-electron chi connectivity index (χ3n) is 3.89. The van der Waals surface area contributed by atoms with Crippen LogP contribution >= 0.6 is 0 Å². The molecule has 2 heterocycles. The zero-order chi connectivity index (χ0) is 14.4. The Labute approximate surface area is 119 Å². The van der Waals surface area contributed by atoms with Crippen LogP contribution in [-0.4, -0.2) is 41.5 Å². The van der Waals surface area contributed by atoms with E-state index in [-0.39, 0.29) is 11.5 Å². The van der Waals surface area contributed by atoms with Gasteiger partial charge in [-0.15, -0.1) is 0 Å². The van der Waals surface area contributed by atoms with Gasteiger partial charge >= 0.3 is 0 Å². The molecule has 1 atom stereocenters. The summed E-state index contributed by atoms with van der Waals surface area (Å²) in [5.74, 6) is -0.132. The Hall–Kier alpha value is -1.62. The van der Waals surface area contributed by atoms with Gasteiger partial charge < -0.3 is 15.2 Å². The number of rotatable bonds is 5. The van der Waals surface area contributed by atoms with Gasteiger partial charge in [-0.1, -0.05) is 6.42 Å². The van der Waals surface area contributed by atoms with Crippen LogP contribution in [0.15, 0.2) is 23.1 Å². The molecule has 1 unspecified atom stereocenters. The third-order valence-corrected chi connectivity index (χ3v) is 3.89. The number of nitrogens with one attached hydrogen (secondary N) is 2. The van der Waals surface area contributed by atoms with Gasteiger partial charge in [0.05, 0.1) is 5.56 Å². The van der Waals surface area contributed by atoms with E-state index in [1.54, 1.807) is 6.07 Å². The molecule has 0 aromatic carbocycles. The molecular weight excluding hydrogens is 254 g/mol. The fourth-order valence-electron chi connectivity index (χ4n) is 2.63. The van der Waals surface area contributed by atoms with Gasteiger partial charge in [0.25, 0.3) is 5.91 Å². The summed E-state index contributed by atoms with van der Waals surface area (Å²) in [5, 5.41) is 2.89. The summed E-state index contributed by atoms with van der Waals surface area (Å²) < 4.78 is 0. The number of hydrogen-bond acceptors (Lipinski definition) is 3. The quantitative estimate of drug-likeness (QED) is 0.799. The summed E-state index contributed by atoms with van der Waals surface area (Å²) in [6.45, 7) is 5.15. The molecule has 2 rings (SSSR count). The van der Waals surface area contributed by atoms with Crippen LogP contribution in [0.5, 0.6) is 0 Å². The minimum atomic E-state index is -0.194. The van der Waals surface area contributed by atoms with Gasteiger partial charge in [-0.05, 0) is 38.8 Å². The number of H-pyrrole nitrogens is 1. The molecule has 0 spiro atoms. The zero-order valence-corrected chi connectivity index (χ0v) is 12.0. The second kappa shape index (κ2) is 7.24. The number of aromatic amines is 1. The normalized spacial score (nSPS) is 19.8. The number of piperidine rings is 1. The van der Waals surface area contributed by atoms with Crippen LogP contribution in [0.4, 0.5) is 0 Å². The van der Waals surface area contributed by atoms with Gasteiger partial charge in [0.15, 0.2) is 0 Å². The summed E-state index contributed by atoms with van der Waals surface area (Å²) in [7, 11) is 0. The van der Waals surface area contributed by atoms with E-state index in [1.165, 1.54) is 38.1 Å². The minimum absolute atomic E-state index is 0.132. The molecule has 1 saturated heterocycles. The molecule has 2 N–H and O–H groups in total. The maximum absolute atomic E-state index is 11.8. The van der Waals surface area contributed by atoms with Crippen LogP contribution in [0.3, 0.4) is 0 Å². The van der Waals surface area contributed by atoms with E-state index in [2.05, 4.69) is 22.1 Å². The van der Waals surface area contributed by atoms with Gasteiger partial charge in [-0.25, -0.2) is 0 Å². The van der Waals surface area contributed by atoms with E-state index in [4.69, 9.17) is 0 Å². The molecular formula is C15H23N3O2. The topological polar surface area (TPSA) is 65.2 Å². The van der Waals surface area contributed by atoms with Crippen LogP contribution in [-0.2, 0) is 0 Å². The summed E-state index contributed by atoms with van der Waals surface area (Å²) >= 11 is 0. The Morgan fingerprint density at radius 1 is 1.45 bits per heavy atom. The monoisotopic (exact) mass is 277 g/mol. The van der Waals surface area contributed by atoms with Crippen molar-refractivity contribution in [2.75, 3.05) is 19.6 Å². The Balaban J connectivity index is 1.69.